The molecule has 18 heavy (non-hydrogen) atoms. The average molecular weight is 252 g/mol. The fraction of sp³-hybridized carbons (Fsp3) is 0.727. The van der Waals surface area contributed by atoms with E-state index in [1.165, 1.54) is 0 Å². The van der Waals surface area contributed by atoms with Gasteiger partial charge in [0.25, 0.3) is 5.91 Å². The average Bonchev–Trinajstić information content (AvgIpc) is 2.81. The summed E-state index contributed by atoms with van der Waals surface area (Å²) in [6, 6.07) is 0.487. The predicted octanol–water partition coefficient (Wildman–Crippen LogP) is -0.763. The van der Waals surface area contributed by atoms with Crippen LogP contribution in [0.4, 0.5) is 0 Å². The zero-order chi connectivity index (χ0) is 13.0. The van der Waals surface area contributed by atoms with Gasteiger partial charge in [-0.3, -0.25) is 9.48 Å². The van der Waals surface area contributed by atoms with Gasteiger partial charge in [-0.15, -0.1) is 5.10 Å². The maximum absolute atomic E-state index is 11.9. The maximum atomic E-state index is 11.9. The third-order valence-electron chi connectivity index (χ3n) is 3.24. The van der Waals surface area contributed by atoms with Crippen molar-refractivity contribution in [3.05, 3.63) is 11.9 Å². The minimum atomic E-state index is -0.168. The quantitative estimate of drug-likeness (QED) is 0.652. The van der Waals surface area contributed by atoms with Crippen LogP contribution >= 0.6 is 0 Å². The first kappa shape index (κ1) is 13.0. The number of carbonyl (C=O) groups is 1. The summed E-state index contributed by atoms with van der Waals surface area (Å²) in [7, 11) is 0. The van der Waals surface area contributed by atoms with Crippen LogP contribution in [-0.2, 0) is 6.54 Å². The molecule has 0 atom stereocenters. The van der Waals surface area contributed by atoms with Crippen LogP contribution in [0, 0.1) is 0 Å². The molecular formula is C11H20N6O. The van der Waals surface area contributed by atoms with Crippen molar-refractivity contribution in [2.75, 3.05) is 6.54 Å². The molecule has 0 aliphatic heterocycles. The summed E-state index contributed by atoms with van der Waals surface area (Å²) < 4.78 is 1.58. The Morgan fingerprint density at radius 3 is 2.83 bits per heavy atom. The van der Waals surface area contributed by atoms with E-state index in [9.17, 15) is 4.79 Å². The van der Waals surface area contributed by atoms with Gasteiger partial charge in [0.2, 0.25) is 0 Å². The first-order valence-corrected chi connectivity index (χ1v) is 6.35. The SMILES string of the molecule is NCCn1cc(C(=O)NC2CCC(N)CC2)nn1. The summed E-state index contributed by atoms with van der Waals surface area (Å²) >= 11 is 0. The first-order chi connectivity index (χ1) is 8.69. The third-order valence-corrected chi connectivity index (χ3v) is 3.24. The number of rotatable bonds is 4. The molecule has 0 bridgehead atoms. The van der Waals surface area contributed by atoms with Crippen LogP contribution in [0.25, 0.3) is 0 Å². The van der Waals surface area contributed by atoms with Crippen molar-refractivity contribution in [2.45, 2.75) is 44.3 Å². The Morgan fingerprint density at radius 2 is 2.17 bits per heavy atom. The summed E-state index contributed by atoms with van der Waals surface area (Å²) in [6.45, 7) is 1.05. The van der Waals surface area contributed by atoms with E-state index in [0.29, 0.717) is 18.8 Å². The lowest BCUT2D eigenvalue weighted by molar-refractivity contribution is 0.0920. The first-order valence-electron chi connectivity index (χ1n) is 6.35. The topological polar surface area (TPSA) is 112 Å². The molecule has 1 amide bonds. The normalized spacial score (nSPS) is 23.9. The predicted molar refractivity (Wildman–Crippen MR) is 66.8 cm³/mol. The van der Waals surface area contributed by atoms with Crippen LogP contribution in [0.2, 0.25) is 0 Å². The second-order valence-electron chi connectivity index (χ2n) is 4.74. The van der Waals surface area contributed by atoms with E-state index in [4.69, 9.17) is 11.5 Å². The van der Waals surface area contributed by atoms with Gasteiger partial charge in [-0.25, -0.2) is 0 Å². The standard InChI is InChI=1S/C11H20N6O/c12-5-6-17-7-10(15-16-17)11(18)14-9-3-1-8(13)2-4-9/h7-9H,1-6,12-13H2,(H,14,18). The zero-order valence-electron chi connectivity index (χ0n) is 10.4. The van der Waals surface area contributed by atoms with Gasteiger partial charge in [0, 0.05) is 18.6 Å². The van der Waals surface area contributed by atoms with E-state index in [1.54, 1.807) is 10.9 Å². The molecule has 0 unspecified atom stereocenters. The number of aromatic nitrogens is 3. The fourth-order valence-corrected chi connectivity index (χ4v) is 2.17. The zero-order valence-corrected chi connectivity index (χ0v) is 10.4. The Balaban J connectivity index is 1.86. The summed E-state index contributed by atoms with van der Waals surface area (Å²) in [4.78, 5) is 11.9. The molecular weight excluding hydrogens is 232 g/mol. The second-order valence-corrected chi connectivity index (χ2v) is 4.74. The monoisotopic (exact) mass is 252 g/mol. The van der Waals surface area contributed by atoms with Gasteiger partial charge in [0.1, 0.15) is 0 Å². The van der Waals surface area contributed by atoms with Crippen molar-refractivity contribution in [3.8, 4) is 0 Å². The molecule has 7 nitrogen and oxygen atoms in total. The summed E-state index contributed by atoms with van der Waals surface area (Å²) in [5.41, 5.74) is 11.6. The Morgan fingerprint density at radius 1 is 1.44 bits per heavy atom. The number of hydrogen-bond donors (Lipinski definition) is 3. The molecule has 100 valence electrons. The minimum absolute atomic E-state index is 0.168. The Kier molecular flexibility index (Phi) is 4.27. The van der Waals surface area contributed by atoms with E-state index in [-0.39, 0.29) is 18.0 Å². The molecule has 0 radical (unpaired) electrons. The molecule has 1 aromatic rings. The maximum Gasteiger partial charge on any atom is 0.273 e. The molecule has 0 spiro atoms. The van der Waals surface area contributed by atoms with Crippen LogP contribution in [0.5, 0.6) is 0 Å². The summed E-state index contributed by atoms with van der Waals surface area (Å²) in [5, 5.41) is 10.6. The van der Waals surface area contributed by atoms with Crippen LogP contribution < -0.4 is 16.8 Å². The number of hydrogen-bond acceptors (Lipinski definition) is 5. The number of nitrogens with two attached hydrogens (primary N) is 2. The Bertz CT molecular complexity index is 396. The van der Waals surface area contributed by atoms with Gasteiger partial charge in [0.15, 0.2) is 5.69 Å². The molecule has 2 rings (SSSR count). The highest BCUT2D eigenvalue weighted by Gasteiger charge is 2.21. The number of nitrogens with zero attached hydrogens (tertiary/aromatic N) is 3. The van der Waals surface area contributed by atoms with Gasteiger partial charge in [-0.1, -0.05) is 5.21 Å². The summed E-state index contributed by atoms with van der Waals surface area (Å²) in [6.07, 6.45) is 5.42. The van der Waals surface area contributed by atoms with Crippen molar-refractivity contribution in [3.63, 3.8) is 0 Å². The molecule has 1 fully saturated rings. The smallest absolute Gasteiger partial charge is 0.273 e. The van der Waals surface area contributed by atoms with Gasteiger partial charge >= 0.3 is 0 Å². The van der Waals surface area contributed by atoms with Gasteiger partial charge in [-0.05, 0) is 25.7 Å². The molecule has 0 aromatic carbocycles. The van der Waals surface area contributed by atoms with Crippen molar-refractivity contribution in [1.29, 1.82) is 0 Å². The Labute approximate surface area is 106 Å². The third kappa shape index (κ3) is 3.27. The lowest BCUT2D eigenvalue weighted by Gasteiger charge is -2.26. The van der Waals surface area contributed by atoms with Crippen molar-refractivity contribution in [2.24, 2.45) is 11.5 Å². The molecule has 5 N–H and O–H groups in total. The lowest BCUT2D eigenvalue weighted by Crippen LogP contribution is -2.40. The molecule has 0 saturated heterocycles. The van der Waals surface area contributed by atoms with Crippen LogP contribution in [0.15, 0.2) is 6.20 Å². The number of nitrogens with one attached hydrogen (secondary N) is 1. The molecule has 1 aliphatic carbocycles. The van der Waals surface area contributed by atoms with Gasteiger partial charge < -0.3 is 16.8 Å². The highest BCUT2D eigenvalue weighted by molar-refractivity contribution is 5.92. The highest BCUT2D eigenvalue weighted by atomic mass is 16.2. The van der Waals surface area contributed by atoms with Crippen molar-refractivity contribution >= 4 is 5.91 Å². The fourth-order valence-electron chi connectivity index (χ4n) is 2.17. The lowest BCUT2D eigenvalue weighted by atomic mass is 9.92. The van der Waals surface area contributed by atoms with E-state index < -0.39 is 0 Å². The Hall–Kier alpha value is -1.47. The van der Waals surface area contributed by atoms with Gasteiger partial charge in [-0.2, -0.15) is 0 Å². The van der Waals surface area contributed by atoms with E-state index >= 15 is 0 Å². The minimum Gasteiger partial charge on any atom is -0.348 e. The van der Waals surface area contributed by atoms with Crippen molar-refractivity contribution in [1.82, 2.24) is 20.3 Å². The highest BCUT2D eigenvalue weighted by Crippen LogP contribution is 2.17. The number of amides is 1. The van der Waals surface area contributed by atoms with E-state index in [2.05, 4.69) is 15.6 Å². The van der Waals surface area contributed by atoms with Crippen LogP contribution in [0.3, 0.4) is 0 Å². The van der Waals surface area contributed by atoms with Crippen LogP contribution in [-0.4, -0.2) is 39.5 Å². The van der Waals surface area contributed by atoms with E-state index in [0.717, 1.165) is 25.7 Å². The molecule has 1 heterocycles. The molecule has 7 heteroatoms. The second kappa shape index (κ2) is 5.92. The van der Waals surface area contributed by atoms with Crippen LogP contribution in [0.1, 0.15) is 36.2 Å². The van der Waals surface area contributed by atoms with Gasteiger partial charge in [0.05, 0.1) is 12.7 Å². The number of carbonyl (C=O) groups excluding carboxylic acids is 1. The molecule has 1 saturated carbocycles. The van der Waals surface area contributed by atoms with Crippen molar-refractivity contribution < 1.29 is 4.79 Å². The molecule has 1 aliphatic rings. The molecule has 1 aromatic heterocycles. The van der Waals surface area contributed by atoms with E-state index in [1.807, 2.05) is 0 Å². The summed E-state index contributed by atoms with van der Waals surface area (Å²) in [5.74, 6) is -0.168. The largest absolute Gasteiger partial charge is 0.348 e.